The molecule has 0 saturated carbocycles. The number of hydrogen-bond donors (Lipinski definition) is 0. The van der Waals surface area contributed by atoms with Gasteiger partial charge in [0.1, 0.15) is 5.01 Å². The molecule has 0 spiro atoms. The van der Waals surface area contributed by atoms with Crippen LogP contribution in [0.2, 0.25) is 0 Å². The van der Waals surface area contributed by atoms with Gasteiger partial charge in [-0.2, -0.15) is 0 Å². The molecule has 0 saturated heterocycles. The molecule has 0 bridgehead atoms. The molecule has 8 heteroatoms. The molecule has 7 nitrogen and oxygen atoms in total. The highest BCUT2D eigenvalue weighted by Crippen LogP contribution is 2.23. The third-order valence-corrected chi connectivity index (χ3v) is 4.86. The minimum absolute atomic E-state index is 0.0887. The Labute approximate surface area is 151 Å². The van der Waals surface area contributed by atoms with Gasteiger partial charge >= 0.3 is 0 Å². The zero-order chi connectivity index (χ0) is 18.1. The van der Waals surface area contributed by atoms with E-state index in [-0.39, 0.29) is 11.2 Å². The zero-order valence-corrected chi connectivity index (χ0v) is 14.2. The van der Waals surface area contributed by atoms with Crippen molar-refractivity contribution in [3.05, 3.63) is 86.4 Å². The molecule has 2 heterocycles. The largest absolute Gasteiger partial charge is 0.293 e. The second-order valence-corrected chi connectivity index (χ2v) is 6.50. The molecule has 0 aliphatic heterocycles. The fourth-order valence-corrected chi connectivity index (χ4v) is 3.46. The van der Waals surface area contributed by atoms with Crippen LogP contribution in [0.1, 0.15) is 5.69 Å². The van der Waals surface area contributed by atoms with Crippen LogP contribution in [0.25, 0.3) is 21.5 Å². The maximum absolute atomic E-state index is 12.6. The number of benzene rings is 2. The van der Waals surface area contributed by atoms with Crippen molar-refractivity contribution in [2.45, 2.75) is 6.54 Å². The maximum Gasteiger partial charge on any atom is 0.271 e. The SMILES string of the molecule is O=c1c2ccc([N+](=O)[O-])cc2ncn1Cc1csc(-c2ccccc2)n1. The molecule has 128 valence electrons. The van der Waals surface area contributed by atoms with Crippen LogP contribution in [0.15, 0.2) is 65.0 Å². The third-order valence-electron chi connectivity index (χ3n) is 3.92. The lowest BCUT2D eigenvalue weighted by molar-refractivity contribution is -0.384. The van der Waals surface area contributed by atoms with E-state index in [0.717, 1.165) is 16.3 Å². The van der Waals surface area contributed by atoms with Gasteiger partial charge in [-0.1, -0.05) is 30.3 Å². The Morgan fingerprint density at radius 1 is 1.15 bits per heavy atom. The Kier molecular flexibility index (Phi) is 4.02. The number of non-ortho nitro benzene ring substituents is 1. The van der Waals surface area contributed by atoms with Gasteiger partial charge in [0, 0.05) is 23.1 Å². The first-order valence-electron chi connectivity index (χ1n) is 7.75. The number of nitrogens with zero attached hydrogens (tertiary/aromatic N) is 4. The smallest absolute Gasteiger partial charge is 0.271 e. The van der Waals surface area contributed by atoms with Crippen molar-refractivity contribution in [2.75, 3.05) is 0 Å². The molecule has 26 heavy (non-hydrogen) atoms. The van der Waals surface area contributed by atoms with Gasteiger partial charge in [-0.25, -0.2) is 9.97 Å². The van der Waals surface area contributed by atoms with Crippen LogP contribution < -0.4 is 5.56 Å². The standard InChI is InChI=1S/C18H12N4O3S/c23-18-15-7-6-14(22(24)25)8-16(15)19-11-21(18)9-13-10-26-17(20-13)12-4-2-1-3-5-12/h1-8,10-11H,9H2. The monoisotopic (exact) mass is 364 g/mol. The van der Waals surface area contributed by atoms with Crippen molar-refractivity contribution in [3.63, 3.8) is 0 Å². The van der Waals surface area contributed by atoms with Crippen LogP contribution in [0.3, 0.4) is 0 Å². The molecule has 0 unspecified atom stereocenters. The summed E-state index contributed by atoms with van der Waals surface area (Å²) in [5.74, 6) is 0. The Bertz CT molecular complexity index is 1170. The molecule has 2 aromatic carbocycles. The van der Waals surface area contributed by atoms with E-state index < -0.39 is 4.92 Å². The van der Waals surface area contributed by atoms with Crippen molar-refractivity contribution >= 4 is 27.9 Å². The first kappa shape index (κ1) is 16.1. The number of hydrogen-bond acceptors (Lipinski definition) is 6. The fraction of sp³-hybridized carbons (Fsp3) is 0.0556. The van der Waals surface area contributed by atoms with E-state index in [2.05, 4.69) is 9.97 Å². The van der Waals surface area contributed by atoms with Gasteiger partial charge < -0.3 is 0 Å². The Morgan fingerprint density at radius 3 is 2.73 bits per heavy atom. The second-order valence-electron chi connectivity index (χ2n) is 5.65. The molecule has 4 rings (SSSR count). The van der Waals surface area contributed by atoms with E-state index >= 15 is 0 Å². The lowest BCUT2D eigenvalue weighted by Gasteiger charge is -2.04. The van der Waals surface area contributed by atoms with E-state index in [1.165, 1.54) is 40.4 Å². The average molecular weight is 364 g/mol. The van der Waals surface area contributed by atoms with Gasteiger partial charge in [0.25, 0.3) is 11.2 Å². The van der Waals surface area contributed by atoms with Gasteiger partial charge in [0.15, 0.2) is 0 Å². The van der Waals surface area contributed by atoms with Gasteiger partial charge in [-0.3, -0.25) is 19.5 Å². The van der Waals surface area contributed by atoms with Crippen molar-refractivity contribution in [2.24, 2.45) is 0 Å². The van der Waals surface area contributed by atoms with Crippen LogP contribution in [-0.2, 0) is 6.54 Å². The molecule has 0 aliphatic carbocycles. The summed E-state index contributed by atoms with van der Waals surface area (Å²) < 4.78 is 1.46. The van der Waals surface area contributed by atoms with Crippen molar-refractivity contribution in [3.8, 4) is 10.6 Å². The Balaban J connectivity index is 1.67. The summed E-state index contributed by atoms with van der Waals surface area (Å²) in [5, 5.41) is 14.0. The molecule has 0 atom stereocenters. The molecular weight excluding hydrogens is 352 g/mol. The molecule has 0 amide bonds. The summed E-state index contributed by atoms with van der Waals surface area (Å²) >= 11 is 1.51. The number of fused-ring (bicyclic) bond motifs is 1. The van der Waals surface area contributed by atoms with Gasteiger partial charge in [0.2, 0.25) is 0 Å². The molecule has 0 N–H and O–H groups in total. The summed E-state index contributed by atoms with van der Waals surface area (Å²) in [6.07, 6.45) is 1.40. The third kappa shape index (κ3) is 2.98. The first-order chi connectivity index (χ1) is 12.6. The second kappa shape index (κ2) is 6.49. The normalized spacial score (nSPS) is 10.9. The van der Waals surface area contributed by atoms with Crippen LogP contribution in [-0.4, -0.2) is 19.5 Å². The number of nitro groups is 1. The predicted octanol–water partition coefficient (Wildman–Crippen LogP) is 3.48. The van der Waals surface area contributed by atoms with Crippen LogP contribution in [0, 0.1) is 10.1 Å². The van der Waals surface area contributed by atoms with Crippen molar-refractivity contribution in [1.82, 2.24) is 14.5 Å². The van der Waals surface area contributed by atoms with Gasteiger partial charge in [-0.15, -0.1) is 11.3 Å². The number of nitro benzene ring substituents is 1. The van der Waals surface area contributed by atoms with Crippen LogP contribution >= 0.6 is 11.3 Å². The highest BCUT2D eigenvalue weighted by atomic mass is 32.1. The lowest BCUT2D eigenvalue weighted by atomic mass is 10.2. The summed E-state index contributed by atoms with van der Waals surface area (Å²) in [5.41, 5.74) is 1.76. The first-order valence-corrected chi connectivity index (χ1v) is 8.63. The van der Waals surface area contributed by atoms with E-state index in [9.17, 15) is 14.9 Å². The van der Waals surface area contributed by atoms with Crippen molar-refractivity contribution < 1.29 is 4.92 Å². The van der Waals surface area contributed by atoms with E-state index in [1.807, 2.05) is 35.7 Å². The van der Waals surface area contributed by atoms with Gasteiger partial charge in [-0.05, 0) is 6.07 Å². The molecule has 0 aliphatic rings. The maximum atomic E-state index is 12.6. The summed E-state index contributed by atoms with van der Waals surface area (Å²) in [6, 6.07) is 13.9. The molecule has 0 fully saturated rings. The Morgan fingerprint density at radius 2 is 1.96 bits per heavy atom. The molecule has 0 radical (unpaired) electrons. The molecular formula is C18H12N4O3S. The van der Waals surface area contributed by atoms with Crippen LogP contribution in [0.4, 0.5) is 5.69 Å². The zero-order valence-electron chi connectivity index (χ0n) is 13.4. The van der Waals surface area contributed by atoms with E-state index in [4.69, 9.17) is 0 Å². The topological polar surface area (TPSA) is 90.9 Å². The van der Waals surface area contributed by atoms with Crippen molar-refractivity contribution in [1.29, 1.82) is 0 Å². The number of rotatable bonds is 4. The van der Waals surface area contributed by atoms with E-state index in [1.54, 1.807) is 0 Å². The quantitative estimate of drug-likeness (QED) is 0.408. The lowest BCUT2D eigenvalue weighted by Crippen LogP contribution is -2.21. The summed E-state index contributed by atoms with van der Waals surface area (Å²) in [7, 11) is 0. The number of thiazole rings is 1. The predicted molar refractivity (Wildman–Crippen MR) is 99.3 cm³/mol. The van der Waals surface area contributed by atoms with E-state index in [0.29, 0.717) is 17.4 Å². The number of aromatic nitrogens is 3. The summed E-state index contributed by atoms with van der Waals surface area (Å²) in [4.78, 5) is 31.7. The van der Waals surface area contributed by atoms with Gasteiger partial charge in [0.05, 0.1) is 34.4 Å². The minimum atomic E-state index is -0.507. The molecule has 2 aromatic heterocycles. The minimum Gasteiger partial charge on any atom is -0.293 e. The summed E-state index contributed by atoms with van der Waals surface area (Å²) in [6.45, 7) is 0.294. The van der Waals surface area contributed by atoms with Crippen LogP contribution in [0.5, 0.6) is 0 Å². The Hall–Kier alpha value is -3.39. The molecule has 4 aromatic rings. The average Bonchev–Trinajstić information content (AvgIpc) is 3.13. The highest BCUT2D eigenvalue weighted by molar-refractivity contribution is 7.13. The fourth-order valence-electron chi connectivity index (χ4n) is 2.64. The highest BCUT2D eigenvalue weighted by Gasteiger charge is 2.12.